The maximum Gasteiger partial charge on any atom is 0.322 e. The van der Waals surface area contributed by atoms with Gasteiger partial charge in [-0.2, -0.15) is 0 Å². The van der Waals surface area contributed by atoms with E-state index < -0.39 is 250 Å². The number of hydrogen-bond donors (Lipinski definition) is 20. The largest absolute Gasteiger partial charge is 0.508 e. The van der Waals surface area contributed by atoms with Crippen molar-refractivity contribution in [1.82, 2.24) is 47.9 Å². The number of carbonyl (C=O) groups excluding carboxylic acids is 8. The van der Waals surface area contributed by atoms with Gasteiger partial charge in [-0.1, -0.05) is 82.9 Å². The molecule has 8 amide bonds. The van der Waals surface area contributed by atoms with Crippen LogP contribution in [0.4, 0.5) is 0 Å². The van der Waals surface area contributed by atoms with E-state index in [4.69, 9.17) is 57.4 Å². The third-order valence-corrected chi connectivity index (χ3v) is 21.3. The van der Waals surface area contributed by atoms with Crippen LogP contribution in [0.5, 0.6) is 46.0 Å². The zero-order valence-electron chi connectivity index (χ0n) is 63.3. The lowest BCUT2D eigenvalue weighted by Gasteiger charge is -2.49. The highest BCUT2D eigenvalue weighted by atomic mass is 35.5. The van der Waals surface area contributed by atoms with Crippen LogP contribution in [0.3, 0.4) is 0 Å². The Labute approximate surface area is 664 Å². The average molecular weight is 1630 g/mol. The van der Waals surface area contributed by atoms with Crippen molar-refractivity contribution in [3.8, 4) is 57.1 Å². The number of ether oxygens (including phenoxy) is 6. The quantitative estimate of drug-likeness (QED) is 0.0473. The van der Waals surface area contributed by atoms with Crippen molar-refractivity contribution >= 4 is 76.4 Å². The van der Waals surface area contributed by atoms with Gasteiger partial charge in [-0.25, -0.2) is 0 Å². The Bertz CT molecular complexity index is 4440. The normalized spacial score (nSPS) is 27.5. The minimum Gasteiger partial charge on any atom is -0.508 e. The number of halogens is 2. The number of rotatable bonds is 22. The Hall–Kier alpha value is -9.73. The fourth-order valence-corrected chi connectivity index (χ4v) is 15.0. The number of phenols is 3. The van der Waals surface area contributed by atoms with Crippen LogP contribution in [0.1, 0.15) is 158 Å². The molecule has 0 saturated carbocycles. The van der Waals surface area contributed by atoms with Crippen LogP contribution >= 0.6 is 23.2 Å². The van der Waals surface area contributed by atoms with Crippen LogP contribution in [-0.4, -0.2) is 208 Å². The SMILES string of the molecule is CCC(CC)N[C@H](CC(C)C)C(=O)N[C@H]1C(=O)N[C@@H](CC(N)=O)C(=O)N[C@H]2C(=O)N[C@H]3C(=O)N[C@H](C(=O)N[C@H](C(=O)NCC(=O)O)c4cc(O)cc(O)c4-c4cc3ccc4O)[C@H](O)c3ccc(c(Cl)c3)Oc3cc2cc(c3O[C@@H]2O[C@@H](CO)[C@@H](O)[C@H](O)[C@@H]2O[C@H]2C[C@](C)(NC(CC)CC)[C@H](O)[C@H](C)O2)Oc2ccc(cc2Cl)[C@H]1O. The van der Waals surface area contributed by atoms with Crippen LogP contribution in [0, 0.1) is 5.92 Å². The zero-order chi connectivity index (χ0) is 83.2. The molecule has 35 nitrogen and oxygen atoms in total. The molecule has 0 radical (unpaired) electrons. The molecular formula is C77H96Cl2N10O25. The van der Waals surface area contributed by atoms with E-state index >= 15 is 24.0 Å². The van der Waals surface area contributed by atoms with E-state index in [0.717, 1.165) is 66.7 Å². The first-order valence-corrected chi connectivity index (χ1v) is 38.0. The molecule has 7 aliphatic heterocycles. The van der Waals surface area contributed by atoms with Gasteiger partial charge >= 0.3 is 5.97 Å². The van der Waals surface area contributed by atoms with Crippen LogP contribution in [0.2, 0.25) is 10.0 Å². The highest BCUT2D eigenvalue weighted by Gasteiger charge is 2.53. The second kappa shape index (κ2) is 36.8. The lowest BCUT2D eigenvalue weighted by atomic mass is 9.84. The number of phenolic OH excluding ortho intramolecular Hbond substituents is 3. The number of aromatic hydroxyl groups is 3. The lowest BCUT2D eigenvalue weighted by Crippen LogP contribution is -2.66. The van der Waals surface area contributed by atoms with Gasteiger partial charge < -0.3 is 133 Å². The molecule has 18 atom stereocenters. The number of amides is 8. The molecule has 2 saturated heterocycles. The second-order valence-electron chi connectivity index (χ2n) is 29.4. The number of primary amides is 1. The van der Waals surface area contributed by atoms with Gasteiger partial charge in [0, 0.05) is 41.2 Å². The Morgan fingerprint density at radius 2 is 1.27 bits per heavy atom. The molecular weight excluding hydrogens is 1540 g/mol. The maximum absolute atomic E-state index is 16.3. The summed E-state index contributed by atoms with van der Waals surface area (Å²) in [5.41, 5.74) is 1.85. The number of carboxylic acid groups (broad SMARTS) is 1. The summed E-state index contributed by atoms with van der Waals surface area (Å²) >= 11 is 14.4. The van der Waals surface area contributed by atoms with Crippen molar-refractivity contribution in [2.75, 3.05) is 13.2 Å². The van der Waals surface area contributed by atoms with Gasteiger partial charge in [0.25, 0.3) is 0 Å². The number of aliphatic carboxylic acids is 1. The molecule has 5 aromatic carbocycles. The predicted molar refractivity (Wildman–Crippen MR) is 404 cm³/mol. The van der Waals surface area contributed by atoms with Gasteiger partial charge in [-0.3, -0.25) is 43.2 Å². The summed E-state index contributed by atoms with van der Waals surface area (Å²) in [6, 6.07) is -0.882. The fourth-order valence-electron chi connectivity index (χ4n) is 14.5. The summed E-state index contributed by atoms with van der Waals surface area (Å²) in [4.78, 5) is 132. The monoisotopic (exact) mass is 1630 g/mol. The Morgan fingerprint density at radius 3 is 1.86 bits per heavy atom. The van der Waals surface area contributed by atoms with Crippen molar-refractivity contribution < 1.29 is 123 Å². The van der Waals surface area contributed by atoms with Crippen LogP contribution < -0.4 is 67.8 Å². The summed E-state index contributed by atoms with van der Waals surface area (Å²) in [6.45, 7) is 12.7. The number of nitrogens with one attached hydrogen (secondary N) is 9. The summed E-state index contributed by atoms with van der Waals surface area (Å²) in [6.07, 6.45) is -15.8. The molecule has 618 valence electrons. The molecule has 0 aliphatic carbocycles. The molecule has 7 heterocycles. The van der Waals surface area contributed by atoms with Crippen molar-refractivity contribution in [2.45, 2.75) is 222 Å². The number of hydrogen-bond acceptors (Lipinski definition) is 26. The second-order valence-corrected chi connectivity index (χ2v) is 30.3. The molecule has 7 aliphatic rings. The molecule has 12 rings (SSSR count). The van der Waals surface area contributed by atoms with Gasteiger partial charge in [-0.15, -0.1) is 0 Å². The summed E-state index contributed by atoms with van der Waals surface area (Å²) in [5, 5.41) is 139. The van der Waals surface area contributed by atoms with Crippen molar-refractivity contribution in [3.05, 3.63) is 117 Å². The fraction of sp³-hybridized carbons (Fsp3) is 0.494. The lowest BCUT2D eigenvalue weighted by molar-refractivity contribution is -0.335. The molecule has 0 unspecified atom stereocenters. The van der Waals surface area contributed by atoms with E-state index in [-0.39, 0.29) is 58.3 Å². The number of carbonyl (C=O) groups is 9. The van der Waals surface area contributed by atoms with E-state index in [1.165, 1.54) is 12.1 Å². The standard InChI is InChI=1S/C77H96Cl2N10O25/c1-9-37(10-2)82-44(19-31(5)6)69(102)87-60-62(97)34-14-17-48(42(78)21-34)110-50-23-36-24-51(66(50)114-76-67(65(100)64(99)52(30-90)112-76)113-55-28-77(8,68(101)32(7)109-55)89-38(11-3)12-4)111-49-18-15-35(22-43(49)79)63(98)61-75(108)86-59(71(104)81-29-54(95)96)41-25-39(91)26-47(93)56(41)40-20-33(13-16-46(40)92)57(72(105)88-61)85-73(106)58(36)84-70(103)45(27-53(80)94)83-74(60)107/h13-18,20-26,31-32,37-38,44-45,52,55,57-65,67-68,76,82,89-93,97-101H,9-12,19,27-30H2,1-8H3,(H2,80,94)(H,81,104)(H,83,107)(H,84,103)(H,85,106)(H,86,108)(H,87,102)(H,88,105)(H,95,96)/t32-,44+,45-,52-,55-,57+,58+,59-,60+,61-,62+,63+,64+,65-,67-,68+,76-,77-/m0/s1. The van der Waals surface area contributed by atoms with Gasteiger partial charge in [0.2, 0.25) is 59.3 Å². The van der Waals surface area contributed by atoms with E-state index in [9.17, 15) is 70.2 Å². The summed E-state index contributed by atoms with van der Waals surface area (Å²) < 4.78 is 39.4. The highest BCUT2D eigenvalue weighted by molar-refractivity contribution is 6.32. The first-order chi connectivity index (χ1) is 54.0. The minimum atomic E-state index is -2.37. The number of benzene rings is 5. The first kappa shape index (κ1) is 86.7. The highest BCUT2D eigenvalue weighted by Crippen LogP contribution is 2.50. The zero-order valence-corrected chi connectivity index (χ0v) is 64.9. The third kappa shape index (κ3) is 19.4. The molecule has 11 bridgehead atoms. The molecule has 21 N–H and O–H groups in total. The number of aliphatic hydroxyl groups is 6. The van der Waals surface area contributed by atoms with Crippen molar-refractivity contribution in [3.63, 3.8) is 0 Å². The maximum atomic E-state index is 16.3. The smallest absolute Gasteiger partial charge is 0.322 e. The Balaban J connectivity index is 1.23. The van der Waals surface area contributed by atoms with Crippen LogP contribution in [0.15, 0.2) is 78.9 Å². The number of aliphatic hydroxyl groups excluding tert-OH is 6. The van der Waals surface area contributed by atoms with Gasteiger partial charge in [0.05, 0.1) is 41.3 Å². The number of nitrogens with two attached hydrogens (primary N) is 1. The Morgan fingerprint density at radius 1 is 0.675 bits per heavy atom. The molecule has 0 aromatic heterocycles. The molecule has 2 fully saturated rings. The van der Waals surface area contributed by atoms with Gasteiger partial charge in [0.15, 0.2) is 23.9 Å². The molecule has 5 aromatic rings. The van der Waals surface area contributed by atoms with Gasteiger partial charge in [-0.05, 0) is 134 Å². The Kier molecular flexibility index (Phi) is 28.0. The van der Waals surface area contributed by atoms with Crippen molar-refractivity contribution in [2.24, 2.45) is 11.7 Å². The van der Waals surface area contributed by atoms with Crippen LogP contribution in [0.25, 0.3) is 11.1 Å². The van der Waals surface area contributed by atoms with E-state index in [0.29, 0.717) is 25.7 Å². The molecule has 0 spiro atoms. The molecule has 114 heavy (non-hydrogen) atoms. The van der Waals surface area contributed by atoms with E-state index in [1.54, 1.807) is 13.8 Å². The first-order valence-electron chi connectivity index (χ1n) is 37.3. The number of carboxylic acids is 1. The van der Waals surface area contributed by atoms with E-state index in [2.05, 4.69) is 47.9 Å². The van der Waals surface area contributed by atoms with Crippen molar-refractivity contribution in [1.29, 1.82) is 0 Å². The average Bonchev–Trinajstić information content (AvgIpc) is 0.765. The minimum absolute atomic E-state index is 0.105. The predicted octanol–water partition coefficient (Wildman–Crippen LogP) is 2.60. The summed E-state index contributed by atoms with van der Waals surface area (Å²) in [5.74, 6) is -17.1. The number of fused-ring (bicyclic) bond motifs is 15. The van der Waals surface area contributed by atoms with E-state index in [1.807, 2.05) is 41.5 Å². The summed E-state index contributed by atoms with van der Waals surface area (Å²) in [7, 11) is 0. The van der Waals surface area contributed by atoms with Gasteiger partial charge in [0.1, 0.15) is 102 Å². The topological polar surface area (TPSA) is 546 Å². The third-order valence-electron chi connectivity index (χ3n) is 20.8. The molecule has 37 heteroatoms. The van der Waals surface area contributed by atoms with Crippen LogP contribution in [-0.2, 0) is 57.4 Å².